The van der Waals surface area contributed by atoms with E-state index < -0.39 is 0 Å². The average molecular weight is 703 g/mol. The van der Waals surface area contributed by atoms with Gasteiger partial charge in [0.1, 0.15) is 11.2 Å². The number of fused-ring (bicyclic) bond motifs is 12. The second kappa shape index (κ2) is 11.4. The molecule has 250 valence electrons. The van der Waals surface area contributed by atoms with Crippen molar-refractivity contribution in [2.24, 2.45) is 0 Å². The van der Waals surface area contributed by atoms with Crippen LogP contribution in [0.2, 0.25) is 0 Å². The molecule has 0 aliphatic rings. The molecule has 0 aliphatic heterocycles. The molecule has 54 heavy (non-hydrogen) atoms. The third kappa shape index (κ3) is 4.20. The van der Waals surface area contributed by atoms with Crippen molar-refractivity contribution < 1.29 is 4.42 Å². The Morgan fingerprint density at radius 1 is 0.333 bits per heavy atom. The van der Waals surface area contributed by atoms with Crippen LogP contribution in [-0.4, -0.2) is 0 Å². The van der Waals surface area contributed by atoms with Crippen molar-refractivity contribution in [2.75, 3.05) is 0 Å². The van der Waals surface area contributed by atoms with Crippen LogP contribution in [0.3, 0.4) is 0 Å². The standard InChI is InChI=1S/C52H30OS/c1-2-13-32(14-3-1)48-38-18-8-10-20-40(38)49(41-21-11-9-19-39(41)48)42-26-25-34(36-16-6-7-17-37(36)42)33-23-27-45-44(30-33)50-46(53-45)28-29-47-51(50)43-24-22-31-12-4-5-15-35(31)52(43)54-47/h1-30H. The van der Waals surface area contributed by atoms with Crippen LogP contribution in [0, 0.1) is 0 Å². The summed E-state index contributed by atoms with van der Waals surface area (Å²) in [7, 11) is 0. The van der Waals surface area contributed by atoms with Crippen molar-refractivity contribution in [3.05, 3.63) is 182 Å². The Morgan fingerprint density at radius 3 is 1.67 bits per heavy atom. The molecule has 2 heterocycles. The van der Waals surface area contributed by atoms with Crippen molar-refractivity contribution >= 4 is 96.5 Å². The first kappa shape index (κ1) is 29.8. The summed E-state index contributed by atoms with van der Waals surface area (Å²) in [6, 6.07) is 66.6. The van der Waals surface area contributed by atoms with Gasteiger partial charge in [0.2, 0.25) is 0 Å². The molecule has 0 saturated carbocycles. The van der Waals surface area contributed by atoms with Crippen LogP contribution in [0.15, 0.2) is 186 Å². The van der Waals surface area contributed by atoms with Gasteiger partial charge in [-0.05, 0) is 101 Å². The highest BCUT2D eigenvalue weighted by Crippen LogP contribution is 2.48. The smallest absolute Gasteiger partial charge is 0.136 e. The molecule has 2 heteroatoms. The van der Waals surface area contributed by atoms with E-state index in [9.17, 15) is 0 Å². The third-order valence-electron chi connectivity index (χ3n) is 11.5. The number of hydrogen-bond acceptors (Lipinski definition) is 2. The Labute approximate surface area is 314 Å². The van der Waals surface area contributed by atoms with Gasteiger partial charge in [0.15, 0.2) is 0 Å². The first-order chi connectivity index (χ1) is 26.8. The van der Waals surface area contributed by atoms with E-state index in [1.54, 1.807) is 0 Å². The molecule has 0 N–H and O–H groups in total. The number of hydrogen-bond donors (Lipinski definition) is 0. The number of rotatable bonds is 3. The van der Waals surface area contributed by atoms with Gasteiger partial charge in [-0.15, -0.1) is 11.3 Å². The number of furan rings is 1. The first-order valence-electron chi connectivity index (χ1n) is 18.5. The minimum absolute atomic E-state index is 0.916. The van der Waals surface area contributed by atoms with E-state index in [0.717, 1.165) is 16.6 Å². The lowest BCUT2D eigenvalue weighted by Gasteiger charge is -2.19. The van der Waals surface area contributed by atoms with Crippen molar-refractivity contribution in [1.29, 1.82) is 0 Å². The highest BCUT2D eigenvalue weighted by Gasteiger charge is 2.20. The Balaban J connectivity index is 1.11. The zero-order chi connectivity index (χ0) is 35.3. The van der Waals surface area contributed by atoms with E-state index in [0.29, 0.717) is 0 Å². The molecule has 10 aromatic carbocycles. The number of benzene rings is 10. The van der Waals surface area contributed by atoms with Crippen LogP contribution in [0.4, 0.5) is 0 Å². The Morgan fingerprint density at radius 2 is 0.926 bits per heavy atom. The van der Waals surface area contributed by atoms with E-state index in [1.165, 1.54) is 102 Å². The van der Waals surface area contributed by atoms with E-state index >= 15 is 0 Å². The molecular weight excluding hydrogens is 673 g/mol. The normalized spacial score (nSPS) is 12.1. The minimum Gasteiger partial charge on any atom is -0.456 e. The summed E-state index contributed by atoms with van der Waals surface area (Å²) in [5.41, 5.74) is 9.29. The molecule has 1 nitrogen and oxygen atoms in total. The second-order valence-electron chi connectivity index (χ2n) is 14.3. The second-order valence-corrected chi connectivity index (χ2v) is 15.4. The molecule has 2 aromatic heterocycles. The molecule has 0 amide bonds. The monoisotopic (exact) mass is 702 g/mol. The average Bonchev–Trinajstić information content (AvgIpc) is 3.81. The first-order valence-corrected chi connectivity index (χ1v) is 19.3. The van der Waals surface area contributed by atoms with E-state index in [2.05, 4.69) is 182 Å². The Kier molecular flexibility index (Phi) is 6.28. The van der Waals surface area contributed by atoms with E-state index in [4.69, 9.17) is 4.42 Å². The topological polar surface area (TPSA) is 13.1 Å². The highest BCUT2D eigenvalue weighted by molar-refractivity contribution is 7.27. The van der Waals surface area contributed by atoms with Gasteiger partial charge in [-0.3, -0.25) is 0 Å². The molecule has 0 spiro atoms. The molecule has 0 radical (unpaired) electrons. The quantitative estimate of drug-likeness (QED) is 0.167. The molecule has 12 rings (SSSR count). The summed E-state index contributed by atoms with van der Waals surface area (Å²) >= 11 is 1.88. The van der Waals surface area contributed by atoms with Gasteiger partial charge < -0.3 is 4.42 Å². The molecule has 12 aromatic rings. The fraction of sp³-hybridized carbons (Fsp3) is 0. The van der Waals surface area contributed by atoms with Crippen LogP contribution >= 0.6 is 11.3 Å². The van der Waals surface area contributed by atoms with Gasteiger partial charge in [0.05, 0.1) is 0 Å². The predicted octanol–water partition coefficient (Wildman–Crippen LogP) is 15.6. The summed E-state index contributed by atoms with van der Waals surface area (Å²) in [5, 5.41) is 15.0. The van der Waals surface area contributed by atoms with Crippen molar-refractivity contribution in [3.8, 4) is 33.4 Å². The maximum absolute atomic E-state index is 6.55. The molecule has 0 unspecified atom stereocenters. The van der Waals surface area contributed by atoms with Gasteiger partial charge >= 0.3 is 0 Å². The summed E-state index contributed by atoms with van der Waals surface area (Å²) in [5.74, 6) is 0. The van der Waals surface area contributed by atoms with Gasteiger partial charge in [-0.1, -0.05) is 158 Å². The lowest BCUT2D eigenvalue weighted by Crippen LogP contribution is -1.92. The maximum atomic E-state index is 6.55. The molecule has 0 atom stereocenters. The Bertz CT molecular complexity index is 3440. The fourth-order valence-electron chi connectivity index (χ4n) is 9.13. The SMILES string of the molecule is c1ccc(-c2c3ccccc3c(-c3ccc(-c4ccc5oc6ccc7sc8c9ccccc9ccc8c7c6c5c4)c4ccccc34)c3ccccc23)cc1. The summed E-state index contributed by atoms with van der Waals surface area (Å²) in [6.07, 6.45) is 0. The van der Waals surface area contributed by atoms with E-state index in [1.807, 2.05) is 11.3 Å². The van der Waals surface area contributed by atoms with Crippen molar-refractivity contribution in [1.82, 2.24) is 0 Å². The van der Waals surface area contributed by atoms with Crippen LogP contribution in [0.25, 0.3) is 119 Å². The molecular formula is C52H30OS. The largest absolute Gasteiger partial charge is 0.456 e. The van der Waals surface area contributed by atoms with Gasteiger partial charge in [0.25, 0.3) is 0 Å². The summed E-state index contributed by atoms with van der Waals surface area (Å²) in [6.45, 7) is 0. The fourth-order valence-corrected chi connectivity index (χ4v) is 10.4. The lowest BCUT2D eigenvalue weighted by atomic mass is 9.84. The highest BCUT2D eigenvalue weighted by atomic mass is 32.1. The maximum Gasteiger partial charge on any atom is 0.136 e. The van der Waals surface area contributed by atoms with Crippen molar-refractivity contribution in [2.45, 2.75) is 0 Å². The van der Waals surface area contributed by atoms with Gasteiger partial charge in [-0.2, -0.15) is 0 Å². The van der Waals surface area contributed by atoms with Crippen LogP contribution in [0.1, 0.15) is 0 Å². The lowest BCUT2D eigenvalue weighted by molar-refractivity contribution is 0.669. The zero-order valence-corrected chi connectivity index (χ0v) is 30.0. The summed E-state index contributed by atoms with van der Waals surface area (Å²) < 4.78 is 9.17. The molecule has 0 bridgehead atoms. The molecule has 0 aliphatic carbocycles. The summed E-state index contributed by atoms with van der Waals surface area (Å²) in [4.78, 5) is 0. The number of thiophene rings is 1. The molecule has 0 saturated heterocycles. The molecule has 0 fully saturated rings. The van der Waals surface area contributed by atoms with Crippen molar-refractivity contribution in [3.63, 3.8) is 0 Å². The van der Waals surface area contributed by atoms with Crippen LogP contribution in [0.5, 0.6) is 0 Å². The Hall–Kier alpha value is -6.74. The third-order valence-corrected chi connectivity index (χ3v) is 12.7. The predicted molar refractivity (Wildman–Crippen MR) is 233 cm³/mol. The minimum atomic E-state index is 0.916. The van der Waals surface area contributed by atoms with Gasteiger partial charge in [-0.25, -0.2) is 0 Å². The van der Waals surface area contributed by atoms with Gasteiger partial charge in [0, 0.05) is 30.9 Å². The van der Waals surface area contributed by atoms with Crippen LogP contribution in [-0.2, 0) is 0 Å². The van der Waals surface area contributed by atoms with E-state index in [-0.39, 0.29) is 0 Å². The van der Waals surface area contributed by atoms with Crippen LogP contribution < -0.4 is 0 Å². The zero-order valence-electron chi connectivity index (χ0n) is 29.1.